The molecule has 1 atom stereocenters. The molecule has 0 spiro atoms. The van der Waals surface area contributed by atoms with Gasteiger partial charge in [0.25, 0.3) is 0 Å². The highest BCUT2D eigenvalue weighted by Crippen LogP contribution is 2.33. The first-order chi connectivity index (χ1) is 16.6. The van der Waals surface area contributed by atoms with Crippen molar-refractivity contribution >= 4 is 22.9 Å². The summed E-state index contributed by atoms with van der Waals surface area (Å²) in [5.41, 5.74) is 3.45. The molecule has 5 nitrogen and oxygen atoms in total. The molecule has 3 aromatic rings. The largest absolute Gasteiger partial charge is 0.485 e. The minimum atomic E-state index is -0.0277. The third-order valence-corrected chi connectivity index (χ3v) is 7.38. The number of amides is 1. The van der Waals surface area contributed by atoms with Gasteiger partial charge in [0.15, 0.2) is 0 Å². The Hall–Kier alpha value is -2.67. The van der Waals surface area contributed by atoms with E-state index >= 15 is 0 Å². The maximum absolute atomic E-state index is 11.4. The van der Waals surface area contributed by atoms with Gasteiger partial charge in [0.2, 0.25) is 5.91 Å². The van der Waals surface area contributed by atoms with Crippen molar-refractivity contribution in [2.24, 2.45) is 0 Å². The normalized spacial score (nSPS) is 15.7. The second-order valence-corrected chi connectivity index (χ2v) is 9.96. The fourth-order valence-electron chi connectivity index (χ4n) is 4.65. The first kappa shape index (κ1) is 24.5. The monoisotopic (exact) mass is 477 g/mol. The molecule has 2 heterocycles. The van der Waals surface area contributed by atoms with E-state index in [-0.39, 0.29) is 12.0 Å². The number of para-hydroxylation sites is 1. The predicted octanol–water partition coefficient (Wildman–Crippen LogP) is 5.82. The molecular formula is C28H35N3O2S. The summed E-state index contributed by atoms with van der Waals surface area (Å²) in [5.74, 6) is 1.49. The highest BCUT2D eigenvalue weighted by atomic mass is 32.1. The van der Waals surface area contributed by atoms with Gasteiger partial charge in [-0.1, -0.05) is 36.4 Å². The van der Waals surface area contributed by atoms with E-state index in [0.717, 1.165) is 56.9 Å². The van der Waals surface area contributed by atoms with Crippen molar-refractivity contribution in [2.75, 3.05) is 32.0 Å². The smallest absolute Gasteiger partial charge is 0.221 e. The molecule has 34 heavy (non-hydrogen) atoms. The average molecular weight is 478 g/mol. The average Bonchev–Trinajstić information content (AvgIpc) is 3.38. The van der Waals surface area contributed by atoms with Gasteiger partial charge in [-0.05, 0) is 80.7 Å². The SMILES string of the molecule is CNCCC(Oc1ccccc1CN1CCC(c2cccc(NC(C)=O)c2)CC1)c1cccs1. The topological polar surface area (TPSA) is 53.6 Å². The molecule has 1 amide bonds. The maximum atomic E-state index is 11.4. The lowest BCUT2D eigenvalue weighted by Gasteiger charge is -2.33. The first-order valence-corrected chi connectivity index (χ1v) is 13.0. The van der Waals surface area contributed by atoms with Crippen LogP contribution in [0.4, 0.5) is 5.69 Å². The Morgan fingerprint density at radius 2 is 1.94 bits per heavy atom. The van der Waals surface area contributed by atoms with Gasteiger partial charge in [-0.3, -0.25) is 9.69 Å². The highest BCUT2D eigenvalue weighted by molar-refractivity contribution is 7.10. The molecule has 2 N–H and O–H groups in total. The zero-order valence-corrected chi connectivity index (χ0v) is 20.9. The molecule has 1 aromatic heterocycles. The Morgan fingerprint density at radius 1 is 1.12 bits per heavy atom. The van der Waals surface area contributed by atoms with Crippen LogP contribution in [-0.4, -0.2) is 37.5 Å². The fourth-order valence-corrected chi connectivity index (χ4v) is 5.44. The quantitative estimate of drug-likeness (QED) is 0.387. The number of benzene rings is 2. The van der Waals surface area contributed by atoms with Gasteiger partial charge in [0, 0.05) is 36.0 Å². The summed E-state index contributed by atoms with van der Waals surface area (Å²) >= 11 is 1.76. The number of hydrogen-bond donors (Lipinski definition) is 2. The van der Waals surface area contributed by atoms with Crippen LogP contribution in [0.15, 0.2) is 66.0 Å². The van der Waals surface area contributed by atoms with Gasteiger partial charge in [-0.15, -0.1) is 11.3 Å². The van der Waals surface area contributed by atoms with Crippen molar-refractivity contribution in [3.63, 3.8) is 0 Å². The summed E-state index contributed by atoms with van der Waals surface area (Å²) in [6.45, 7) is 5.48. The van der Waals surface area contributed by atoms with Gasteiger partial charge >= 0.3 is 0 Å². The number of carbonyl (C=O) groups is 1. The number of anilines is 1. The van der Waals surface area contributed by atoms with E-state index in [1.54, 1.807) is 18.3 Å². The number of nitrogens with one attached hydrogen (secondary N) is 2. The molecule has 0 saturated carbocycles. The minimum absolute atomic E-state index is 0.0277. The van der Waals surface area contributed by atoms with Crippen molar-refractivity contribution in [2.45, 2.75) is 44.8 Å². The zero-order chi connectivity index (χ0) is 23.8. The number of nitrogens with zero attached hydrogens (tertiary/aromatic N) is 1. The van der Waals surface area contributed by atoms with E-state index in [2.05, 4.69) is 69.4 Å². The molecule has 4 rings (SSSR count). The first-order valence-electron chi connectivity index (χ1n) is 12.1. The standard InChI is InChI=1S/C28H35N3O2S/c1-21(32)30-25-9-5-8-23(19-25)22-13-16-31(17-14-22)20-24-7-3-4-10-26(24)33-27(12-15-29-2)28-11-6-18-34-28/h3-11,18-19,22,27,29H,12-17,20H2,1-2H3,(H,30,32). The molecule has 1 aliphatic rings. The molecule has 0 bridgehead atoms. The predicted molar refractivity (Wildman–Crippen MR) is 141 cm³/mol. The summed E-state index contributed by atoms with van der Waals surface area (Å²) < 4.78 is 6.58. The number of ether oxygens (including phenoxy) is 1. The van der Waals surface area contributed by atoms with E-state index in [1.165, 1.54) is 16.0 Å². The van der Waals surface area contributed by atoms with Gasteiger partial charge in [-0.2, -0.15) is 0 Å². The van der Waals surface area contributed by atoms with Gasteiger partial charge < -0.3 is 15.4 Å². The number of likely N-dealkylation sites (tertiary alicyclic amines) is 1. The Kier molecular flexibility index (Phi) is 8.74. The molecule has 1 saturated heterocycles. The number of carbonyl (C=O) groups excluding carboxylic acids is 1. The lowest BCUT2D eigenvalue weighted by Crippen LogP contribution is -2.32. The molecule has 0 radical (unpaired) electrons. The van der Waals surface area contributed by atoms with E-state index in [0.29, 0.717) is 5.92 Å². The molecule has 1 aliphatic heterocycles. The van der Waals surface area contributed by atoms with Crippen molar-refractivity contribution in [1.29, 1.82) is 0 Å². The Morgan fingerprint density at radius 3 is 2.68 bits per heavy atom. The molecule has 1 unspecified atom stereocenters. The van der Waals surface area contributed by atoms with Gasteiger partial charge in [0.05, 0.1) is 0 Å². The molecule has 0 aliphatic carbocycles. The lowest BCUT2D eigenvalue weighted by molar-refractivity contribution is -0.114. The highest BCUT2D eigenvalue weighted by Gasteiger charge is 2.22. The third-order valence-electron chi connectivity index (χ3n) is 6.42. The minimum Gasteiger partial charge on any atom is -0.485 e. The molecular weight excluding hydrogens is 442 g/mol. The van der Waals surface area contributed by atoms with E-state index < -0.39 is 0 Å². The third kappa shape index (κ3) is 6.69. The van der Waals surface area contributed by atoms with Crippen molar-refractivity contribution in [3.8, 4) is 5.75 Å². The Balaban J connectivity index is 1.38. The van der Waals surface area contributed by atoms with Crippen LogP contribution in [0.25, 0.3) is 0 Å². The van der Waals surface area contributed by atoms with Crippen LogP contribution < -0.4 is 15.4 Å². The summed E-state index contributed by atoms with van der Waals surface area (Å²) in [5, 5.41) is 8.27. The molecule has 1 fully saturated rings. The van der Waals surface area contributed by atoms with Crippen molar-refractivity contribution in [3.05, 3.63) is 82.0 Å². The Labute approximate surface area is 207 Å². The Bertz CT molecular complexity index is 1050. The maximum Gasteiger partial charge on any atom is 0.221 e. The summed E-state index contributed by atoms with van der Waals surface area (Å²) in [6.07, 6.45) is 3.24. The summed E-state index contributed by atoms with van der Waals surface area (Å²) in [7, 11) is 1.99. The molecule has 6 heteroatoms. The van der Waals surface area contributed by atoms with Gasteiger partial charge in [0.1, 0.15) is 11.9 Å². The van der Waals surface area contributed by atoms with Crippen LogP contribution in [0.2, 0.25) is 0 Å². The zero-order valence-electron chi connectivity index (χ0n) is 20.1. The van der Waals surface area contributed by atoms with E-state index in [9.17, 15) is 4.79 Å². The number of rotatable bonds is 10. The number of thiophene rings is 1. The van der Waals surface area contributed by atoms with Crippen LogP contribution in [0.3, 0.4) is 0 Å². The van der Waals surface area contributed by atoms with Crippen LogP contribution in [-0.2, 0) is 11.3 Å². The summed E-state index contributed by atoms with van der Waals surface area (Å²) in [4.78, 5) is 15.2. The second-order valence-electron chi connectivity index (χ2n) is 8.98. The van der Waals surface area contributed by atoms with E-state index in [4.69, 9.17) is 4.74 Å². The lowest BCUT2D eigenvalue weighted by atomic mass is 9.89. The second kappa shape index (κ2) is 12.2. The van der Waals surface area contributed by atoms with Crippen LogP contribution in [0.5, 0.6) is 5.75 Å². The van der Waals surface area contributed by atoms with Crippen LogP contribution in [0, 0.1) is 0 Å². The number of piperidine rings is 1. The fraction of sp³-hybridized carbons (Fsp3) is 0.393. The summed E-state index contributed by atoms with van der Waals surface area (Å²) in [6, 6.07) is 21.0. The van der Waals surface area contributed by atoms with Crippen molar-refractivity contribution < 1.29 is 9.53 Å². The van der Waals surface area contributed by atoms with Crippen molar-refractivity contribution in [1.82, 2.24) is 10.2 Å². The van der Waals surface area contributed by atoms with E-state index in [1.807, 2.05) is 19.2 Å². The molecule has 2 aromatic carbocycles. The number of hydrogen-bond acceptors (Lipinski definition) is 5. The van der Waals surface area contributed by atoms with Gasteiger partial charge in [-0.25, -0.2) is 0 Å². The van der Waals surface area contributed by atoms with Crippen LogP contribution in [0.1, 0.15) is 54.2 Å². The van der Waals surface area contributed by atoms with Crippen LogP contribution >= 0.6 is 11.3 Å². The molecule has 180 valence electrons.